The van der Waals surface area contributed by atoms with Crippen molar-refractivity contribution in [3.05, 3.63) is 35.6 Å². The SMILES string of the molecule is CCC1CCC(CNCC(O)c2ccccc2F)CC1. The molecule has 1 aliphatic carbocycles. The minimum absolute atomic E-state index is 0.328. The van der Waals surface area contributed by atoms with Gasteiger partial charge in [0.2, 0.25) is 0 Å². The molecular formula is C17H26FNO. The van der Waals surface area contributed by atoms with E-state index in [0.717, 1.165) is 12.5 Å². The molecule has 1 fully saturated rings. The molecule has 2 nitrogen and oxygen atoms in total. The van der Waals surface area contributed by atoms with E-state index in [4.69, 9.17) is 0 Å². The molecule has 1 saturated carbocycles. The molecule has 0 radical (unpaired) electrons. The van der Waals surface area contributed by atoms with Gasteiger partial charge in [-0.3, -0.25) is 0 Å². The van der Waals surface area contributed by atoms with Crippen LogP contribution in [0.3, 0.4) is 0 Å². The molecule has 2 N–H and O–H groups in total. The lowest BCUT2D eigenvalue weighted by atomic mass is 9.81. The number of hydrogen-bond donors (Lipinski definition) is 2. The van der Waals surface area contributed by atoms with Gasteiger partial charge in [-0.05, 0) is 37.3 Å². The summed E-state index contributed by atoms with van der Waals surface area (Å²) in [7, 11) is 0. The molecular weight excluding hydrogens is 253 g/mol. The normalized spacial score (nSPS) is 24.6. The standard InChI is InChI=1S/C17H26FNO/c1-2-13-7-9-14(10-8-13)11-19-12-17(20)15-5-3-4-6-16(15)18/h3-6,13-14,17,19-20H,2,7-12H2,1H3. The first-order valence-corrected chi connectivity index (χ1v) is 7.84. The van der Waals surface area contributed by atoms with Crippen LogP contribution in [-0.2, 0) is 0 Å². The van der Waals surface area contributed by atoms with Crippen LogP contribution < -0.4 is 5.32 Å². The second kappa shape index (κ2) is 7.75. The van der Waals surface area contributed by atoms with E-state index in [9.17, 15) is 9.50 Å². The lowest BCUT2D eigenvalue weighted by molar-refractivity contribution is 0.164. The monoisotopic (exact) mass is 279 g/mol. The predicted octanol–water partition coefficient (Wildman–Crippen LogP) is 3.67. The van der Waals surface area contributed by atoms with Crippen molar-refractivity contribution in [2.45, 2.75) is 45.1 Å². The molecule has 1 aromatic carbocycles. The topological polar surface area (TPSA) is 32.3 Å². The summed E-state index contributed by atoms with van der Waals surface area (Å²) in [6.45, 7) is 3.63. The van der Waals surface area contributed by atoms with E-state index in [2.05, 4.69) is 12.2 Å². The van der Waals surface area contributed by atoms with Crippen molar-refractivity contribution >= 4 is 0 Å². The molecule has 112 valence electrons. The minimum Gasteiger partial charge on any atom is -0.387 e. The minimum atomic E-state index is -0.761. The van der Waals surface area contributed by atoms with Crippen molar-refractivity contribution in [2.75, 3.05) is 13.1 Å². The molecule has 0 bridgehead atoms. The van der Waals surface area contributed by atoms with Crippen LogP contribution in [0, 0.1) is 17.7 Å². The second-order valence-corrected chi connectivity index (χ2v) is 5.99. The molecule has 0 aliphatic heterocycles. The first-order valence-electron chi connectivity index (χ1n) is 7.84. The van der Waals surface area contributed by atoms with Crippen molar-refractivity contribution in [1.29, 1.82) is 0 Å². The van der Waals surface area contributed by atoms with Gasteiger partial charge in [0.25, 0.3) is 0 Å². The van der Waals surface area contributed by atoms with Gasteiger partial charge in [-0.2, -0.15) is 0 Å². The highest BCUT2D eigenvalue weighted by atomic mass is 19.1. The zero-order chi connectivity index (χ0) is 14.4. The lowest BCUT2D eigenvalue weighted by Crippen LogP contribution is -2.29. The Bertz CT molecular complexity index is 402. The highest BCUT2D eigenvalue weighted by molar-refractivity contribution is 5.19. The summed E-state index contributed by atoms with van der Waals surface area (Å²) in [4.78, 5) is 0. The molecule has 0 aromatic heterocycles. The lowest BCUT2D eigenvalue weighted by Gasteiger charge is -2.28. The Labute approximate surface area is 121 Å². The number of rotatable bonds is 6. The summed E-state index contributed by atoms with van der Waals surface area (Å²) in [5, 5.41) is 13.3. The number of halogens is 1. The summed E-state index contributed by atoms with van der Waals surface area (Å²) >= 11 is 0. The van der Waals surface area contributed by atoms with Crippen LogP contribution >= 0.6 is 0 Å². The Balaban J connectivity index is 1.70. The van der Waals surface area contributed by atoms with Gasteiger partial charge < -0.3 is 10.4 Å². The van der Waals surface area contributed by atoms with Gasteiger partial charge >= 0.3 is 0 Å². The molecule has 0 saturated heterocycles. The van der Waals surface area contributed by atoms with Crippen molar-refractivity contribution in [3.8, 4) is 0 Å². The van der Waals surface area contributed by atoms with Crippen molar-refractivity contribution in [2.24, 2.45) is 11.8 Å². The van der Waals surface area contributed by atoms with Crippen LogP contribution in [0.25, 0.3) is 0 Å². The molecule has 2 rings (SSSR count). The Morgan fingerprint density at radius 3 is 2.50 bits per heavy atom. The summed E-state index contributed by atoms with van der Waals surface area (Å²) in [5.74, 6) is 1.30. The molecule has 1 aromatic rings. The molecule has 0 amide bonds. The van der Waals surface area contributed by atoms with Gasteiger partial charge in [0.05, 0.1) is 6.10 Å². The van der Waals surface area contributed by atoms with Gasteiger partial charge in [0, 0.05) is 12.1 Å². The molecule has 20 heavy (non-hydrogen) atoms. The van der Waals surface area contributed by atoms with Crippen LogP contribution in [0.15, 0.2) is 24.3 Å². The van der Waals surface area contributed by atoms with Gasteiger partial charge in [-0.15, -0.1) is 0 Å². The van der Waals surface area contributed by atoms with E-state index in [1.807, 2.05) is 0 Å². The van der Waals surface area contributed by atoms with E-state index < -0.39 is 6.10 Å². The van der Waals surface area contributed by atoms with Crippen molar-refractivity contribution in [3.63, 3.8) is 0 Å². The maximum absolute atomic E-state index is 13.5. The van der Waals surface area contributed by atoms with Crippen molar-refractivity contribution in [1.82, 2.24) is 5.32 Å². The van der Waals surface area contributed by atoms with Gasteiger partial charge in [-0.1, -0.05) is 44.4 Å². The second-order valence-electron chi connectivity index (χ2n) is 5.99. The highest BCUT2D eigenvalue weighted by Crippen LogP contribution is 2.30. The molecule has 3 heteroatoms. The Kier molecular flexibility index (Phi) is 5.99. The van der Waals surface area contributed by atoms with E-state index in [1.165, 1.54) is 38.2 Å². The average Bonchev–Trinajstić information content (AvgIpc) is 2.48. The third kappa shape index (κ3) is 4.29. The predicted molar refractivity (Wildman–Crippen MR) is 80.0 cm³/mol. The number of benzene rings is 1. The van der Waals surface area contributed by atoms with Crippen LogP contribution in [0.2, 0.25) is 0 Å². The van der Waals surface area contributed by atoms with E-state index in [1.54, 1.807) is 18.2 Å². The van der Waals surface area contributed by atoms with Gasteiger partial charge in [0.15, 0.2) is 0 Å². The molecule has 1 atom stereocenters. The molecule has 0 spiro atoms. The van der Waals surface area contributed by atoms with Crippen molar-refractivity contribution < 1.29 is 9.50 Å². The largest absolute Gasteiger partial charge is 0.387 e. The zero-order valence-corrected chi connectivity index (χ0v) is 12.3. The number of hydrogen-bond acceptors (Lipinski definition) is 2. The molecule has 0 heterocycles. The smallest absolute Gasteiger partial charge is 0.129 e. The van der Waals surface area contributed by atoms with Crippen LogP contribution in [0.5, 0.6) is 0 Å². The Morgan fingerprint density at radius 2 is 1.85 bits per heavy atom. The molecule has 1 aliphatic rings. The van der Waals surface area contributed by atoms with Crippen LogP contribution in [-0.4, -0.2) is 18.2 Å². The van der Waals surface area contributed by atoms with Crippen LogP contribution in [0.4, 0.5) is 4.39 Å². The quantitative estimate of drug-likeness (QED) is 0.833. The fourth-order valence-electron chi connectivity index (χ4n) is 3.12. The van der Waals surface area contributed by atoms with E-state index >= 15 is 0 Å². The summed E-state index contributed by atoms with van der Waals surface area (Å²) in [5.41, 5.74) is 0.384. The Hall–Kier alpha value is -0.930. The fraction of sp³-hybridized carbons (Fsp3) is 0.647. The maximum atomic E-state index is 13.5. The maximum Gasteiger partial charge on any atom is 0.129 e. The highest BCUT2D eigenvalue weighted by Gasteiger charge is 2.20. The van der Waals surface area contributed by atoms with E-state index in [-0.39, 0.29) is 5.82 Å². The third-order valence-corrected chi connectivity index (χ3v) is 4.58. The third-order valence-electron chi connectivity index (χ3n) is 4.58. The van der Waals surface area contributed by atoms with Crippen LogP contribution in [0.1, 0.15) is 50.7 Å². The summed E-state index contributed by atoms with van der Waals surface area (Å²) < 4.78 is 13.5. The average molecular weight is 279 g/mol. The number of aliphatic hydroxyl groups is 1. The first kappa shape index (κ1) is 15.5. The number of nitrogens with one attached hydrogen (secondary N) is 1. The summed E-state index contributed by atoms with van der Waals surface area (Å²) in [6.07, 6.45) is 5.76. The summed E-state index contributed by atoms with van der Waals surface area (Å²) in [6, 6.07) is 6.44. The zero-order valence-electron chi connectivity index (χ0n) is 12.3. The van der Waals surface area contributed by atoms with E-state index in [0.29, 0.717) is 18.0 Å². The fourth-order valence-corrected chi connectivity index (χ4v) is 3.12. The molecule has 1 unspecified atom stereocenters. The first-order chi connectivity index (χ1) is 9.70. The Morgan fingerprint density at radius 1 is 1.20 bits per heavy atom. The van der Waals surface area contributed by atoms with Gasteiger partial charge in [-0.25, -0.2) is 4.39 Å². The van der Waals surface area contributed by atoms with Gasteiger partial charge in [0.1, 0.15) is 5.82 Å². The number of aliphatic hydroxyl groups excluding tert-OH is 1.